The molecule has 0 aromatic heterocycles. The number of hydrogen-bond donors (Lipinski definition) is 3. The van der Waals surface area contributed by atoms with Gasteiger partial charge in [-0.1, -0.05) is 6.07 Å². The van der Waals surface area contributed by atoms with Gasteiger partial charge in [-0.25, -0.2) is 10.0 Å². The van der Waals surface area contributed by atoms with Crippen LogP contribution in [0.3, 0.4) is 0 Å². The van der Waals surface area contributed by atoms with Crippen LogP contribution in [0.25, 0.3) is 21.5 Å². The van der Waals surface area contributed by atoms with E-state index in [-0.39, 0.29) is 33.9 Å². The third-order valence-corrected chi connectivity index (χ3v) is 4.18. The van der Waals surface area contributed by atoms with Gasteiger partial charge >= 0.3 is 5.97 Å². The number of fused-ring (bicyclic) bond motifs is 3. The Labute approximate surface area is 148 Å². The predicted molar refractivity (Wildman–Crippen MR) is 93.3 cm³/mol. The van der Waals surface area contributed by atoms with E-state index in [1.165, 1.54) is 45.6 Å². The molecule has 0 bridgehead atoms. The number of aromatic hydroxyl groups is 1. The van der Waals surface area contributed by atoms with E-state index in [4.69, 9.17) is 14.2 Å². The molecular formula is C18H17NO7. The number of benzene rings is 3. The molecule has 0 radical (unpaired) electrons. The van der Waals surface area contributed by atoms with Crippen LogP contribution in [0.4, 0.5) is 5.69 Å². The second-order valence-corrected chi connectivity index (χ2v) is 5.54. The van der Waals surface area contributed by atoms with Crippen LogP contribution in [-0.4, -0.2) is 37.6 Å². The van der Waals surface area contributed by atoms with Crippen molar-refractivity contribution in [2.24, 2.45) is 0 Å². The average molecular weight is 359 g/mol. The van der Waals surface area contributed by atoms with Gasteiger partial charge in [-0.2, -0.15) is 5.23 Å². The minimum atomic E-state index is -1.21. The minimum absolute atomic E-state index is 0.00799. The highest BCUT2D eigenvalue weighted by atomic mass is 16.8. The summed E-state index contributed by atoms with van der Waals surface area (Å²) >= 11 is 0. The Hall–Kier alpha value is -3.07. The van der Waals surface area contributed by atoms with Gasteiger partial charge in [0.15, 0.2) is 17.2 Å². The summed E-state index contributed by atoms with van der Waals surface area (Å²) in [4.78, 5) is 12.3. The van der Waals surface area contributed by atoms with E-state index in [1.807, 2.05) is 0 Å². The maximum atomic E-state index is 12.3. The van der Waals surface area contributed by atoms with Crippen molar-refractivity contribution < 1.29 is 34.5 Å². The van der Waals surface area contributed by atoms with E-state index >= 15 is 0 Å². The summed E-state index contributed by atoms with van der Waals surface area (Å²) in [6.07, 6.45) is 0. The quantitative estimate of drug-likeness (QED) is 0.370. The van der Waals surface area contributed by atoms with Crippen LogP contribution >= 0.6 is 0 Å². The highest BCUT2D eigenvalue weighted by Crippen LogP contribution is 2.44. The van der Waals surface area contributed by atoms with Crippen LogP contribution < -0.4 is 14.7 Å². The summed E-state index contributed by atoms with van der Waals surface area (Å²) < 4.78 is 15.6. The SMILES string of the molecule is COC(=O)c1cc(OC)c(OC)c2c1c([NH+]([O-])O)cc1ccc(O)cc12. The number of esters is 1. The topological polar surface area (TPSA) is 113 Å². The first-order chi connectivity index (χ1) is 12.4. The van der Waals surface area contributed by atoms with E-state index in [9.17, 15) is 20.3 Å². The lowest BCUT2D eigenvalue weighted by Crippen LogP contribution is -2.99. The van der Waals surface area contributed by atoms with Crippen molar-refractivity contribution in [1.29, 1.82) is 0 Å². The average Bonchev–Trinajstić information content (AvgIpc) is 2.64. The Morgan fingerprint density at radius 2 is 1.81 bits per heavy atom. The monoisotopic (exact) mass is 359 g/mol. The van der Waals surface area contributed by atoms with Crippen molar-refractivity contribution in [3.05, 3.63) is 41.1 Å². The molecule has 0 fully saturated rings. The number of carbonyl (C=O) groups is 1. The molecule has 0 saturated heterocycles. The Morgan fingerprint density at radius 1 is 1.08 bits per heavy atom. The Morgan fingerprint density at radius 3 is 2.38 bits per heavy atom. The lowest BCUT2D eigenvalue weighted by Gasteiger charge is -2.20. The summed E-state index contributed by atoms with van der Waals surface area (Å²) in [5.74, 6) is -0.217. The Bertz CT molecular complexity index is 1010. The highest BCUT2D eigenvalue weighted by Gasteiger charge is 2.26. The van der Waals surface area contributed by atoms with E-state index in [1.54, 1.807) is 6.07 Å². The first-order valence-electron chi connectivity index (χ1n) is 7.59. The zero-order valence-electron chi connectivity index (χ0n) is 14.3. The number of carbonyl (C=O) groups excluding carboxylic acids is 1. The molecule has 3 aromatic carbocycles. The van der Waals surface area contributed by atoms with Gasteiger partial charge in [0.25, 0.3) is 0 Å². The molecule has 0 spiro atoms. The van der Waals surface area contributed by atoms with Crippen LogP contribution in [0.15, 0.2) is 30.3 Å². The molecule has 1 atom stereocenters. The van der Waals surface area contributed by atoms with Gasteiger partial charge in [0.2, 0.25) is 0 Å². The molecule has 8 nitrogen and oxygen atoms in total. The number of hydrogen-bond acceptors (Lipinski definition) is 7. The molecule has 0 aliphatic heterocycles. The molecule has 0 heterocycles. The molecule has 0 amide bonds. The van der Waals surface area contributed by atoms with Gasteiger partial charge in [0.05, 0.1) is 32.3 Å². The Balaban J connectivity index is 2.67. The number of phenols is 1. The number of methoxy groups -OCH3 is 3. The number of phenolic OH excluding ortho intramolecular Hbond substituents is 1. The number of rotatable bonds is 4. The summed E-state index contributed by atoms with van der Waals surface area (Å²) in [5, 5.41) is 31.8. The van der Waals surface area contributed by atoms with Crippen LogP contribution in [-0.2, 0) is 4.74 Å². The third-order valence-electron chi connectivity index (χ3n) is 4.18. The highest BCUT2D eigenvalue weighted by molar-refractivity contribution is 6.21. The second-order valence-electron chi connectivity index (χ2n) is 5.54. The molecule has 0 aliphatic rings. The number of ether oxygens (including phenoxy) is 3. The summed E-state index contributed by atoms with van der Waals surface area (Å²) in [6, 6.07) is 7.35. The molecule has 136 valence electrons. The number of nitrogens with one attached hydrogen (secondary N) is 1. The first kappa shape index (κ1) is 17.7. The van der Waals surface area contributed by atoms with E-state index in [0.29, 0.717) is 16.2 Å². The fourth-order valence-corrected chi connectivity index (χ4v) is 3.09. The van der Waals surface area contributed by atoms with Gasteiger partial charge in [-0.15, -0.1) is 0 Å². The molecule has 3 aromatic rings. The van der Waals surface area contributed by atoms with E-state index in [2.05, 4.69) is 0 Å². The zero-order valence-corrected chi connectivity index (χ0v) is 14.3. The lowest BCUT2D eigenvalue weighted by atomic mass is 9.95. The summed E-state index contributed by atoms with van der Waals surface area (Å²) in [5.41, 5.74) is -0.0534. The van der Waals surface area contributed by atoms with Gasteiger partial charge in [0.1, 0.15) is 5.75 Å². The molecule has 26 heavy (non-hydrogen) atoms. The van der Waals surface area contributed by atoms with Crippen LogP contribution in [0.2, 0.25) is 0 Å². The first-order valence-corrected chi connectivity index (χ1v) is 7.59. The van der Waals surface area contributed by atoms with Crippen molar-refractivity contribution in [2.75, 3.05) is 21.3 Å². The van der Waals surface area contributed by atoms with Gasteiger partial charge in [-0.3, -0.25) is 0 Å². The van der Waals surface area contributed by atoms with Crippen LogP contribution in [0, 0.1) is 5.21 Å². The largest absolute Gasteiger partial charge is 0.595 e. The van der Waals surface area contributed by atoms with Gasteiger partial charge in [0, 0.05) is 11.5 Å². The molecular weight excluding hydrogens is 342 g/mol. The Kier molecular flexibility index (Phi) is 4.56. The van der Waals surface area contributed by atoms with Crippen LogP contribution in [0.1, 0.15) is 10.4 Å². The molecule has 0 saturated carbocycles. The normalized spacial score (nSPS) is 12.2. The number of quaternary nitrogens is 1. The molecule has 0 aliphatic carbocycles. The van der Waals surface area contributed by atoms with Crippen molar-refractivity contribution >= 4 is 33.2 Å². The smallest absolute Gasteiger partial charge is 0.338 e. The third kappa shape index (κ3) is 2.66. The van der Waals surface area contributed by atoms with E-state index < -0.39 is 11.2 Å². The maximum absolute atomic E-state index is 12.3. The molecule has 8 heteroatoms. The van der Waals surface area contributed by atoms with Gasteiger partial charge in [-0.05, 0) is 29.0 Å². The minimum Gasteiger partial charge on any atom is -0.595 e. The molecule has 3 N–H and O–H groups in total. The van der Waals surface area contributed by atoms with Crippen molar-refractivity contribution in [2.45, 2.75) is 0 Å². The zero-order chi connectivity index (χ0) is 19.0. The fraction of sp³-hybridized carbons (Fsp3) is 0.167. The van der Waals surface area contributed by atoms with Crippen LogP contribution in [0.5, 0.6) is 17.2 Å². The van der Waals surface area contributed by atoms with E-state index in [0.717, 1.165) is 0 Å². The lowest BCUT2D eigenvalue weighted by molar-refractivity contribution is -0.990. The van der Waals surface area contributed by atoms with Crippen molar-refractivity contribution in [3.63, 3.8) is 0 Å². The summed E-state index contributed by atoms with van der Waals surface area (Å²) in [7, 11) is 4.03. The molecule has 3 rings (SSSR count). The second kappa shape index (κ2) is 6.68. The standard InChI is InChI=1S/C18H17NO7/c1-24-14-8-12(18(21)26-3)15-13(19(22)23)6-9-4-5-10(20)7-11(9)16(15)17(14)25-2/h4-8,19-20,22H,1-3H3. The van der Waals surface area contributed by atoms with Gasteiger partial charge < -0.3 is 24.5 Å². The predicted octanol–water partition coefficient (Wildman–Crippen LogP) is 1.91. The van der Waals surface area contributed by atoms with Crippen molar-refractivity contribution in [1.82, 2.24) is 0 Å². The fourth-order valence-electron chi connectivity index (χ4n) is 3.09. The molecule has 1 unspecified atom stereocenters. The maximum Gasteiger partial charge on any atom is 0.338 e. The van der Waals surface area contributed by atoms with Crippen molar-refractivity contribution in [3.8, 4) is 17.2 Å². The summed E-state index contributed by atoms with van der Waals surface area (Å²) in [6.45, 7) is 0.